The standard InChI is InChI=1S/C21H24FN3O3S/c1-14-12-17(22)10-11-18(14)29(26,27)25(5)13-19-23-20(24-28-19)15-6-8-16(9-7-15)21(2,3)4/h6-12H,13H2,1-5H3. The molecule has 2 aromatic carbocycles. The summed E-state index contributed by atoms with van der Waals surface area (Å²) in [5, 5.41) is 3.96. The lowest BCUT2D eigenvalue weighted by Crippen LogP contribution is -2.27. The first-order chi connectivity index (χ1) is 13.5. The van der Waals surface area contributed by atoms with Crippen molar-refractivity contribution in [3.63, 3.8) is 0 Å². The van der Waals surface area contributed by atoms with Crippen molar-refractivity contribution in [2.45, 2.75) is 44.6 Å². The highest BCUT2D eigenvalue weighted by Crippen LogP contribution is 2.26. The highest BCUT2D eigenvalue weighted by Gasteiger charge is 2.25. The van der Waals surface area contributed by atoms with Gasteiger partial charge in [-0.3, -0.25) is 0 Å². The molecule has 0 aliphatic rings. The zero-order valence-corrected chi connectivity index (χ0v) is 17.9. The van der Waals surface area contributed by atoms with E-state index in [-0.39, 0.29) is 22.7 Å². The number of aromatic nitrogens is 2. The second kappa shape index (κ2) is 7.68. The van der Waals surface area contributed by atoms with E-state index in [0.29, 0.717) is 11.4 Å². The third-order valence-electron chi connectivity index (χ3n) is 4.66. The van der Waals surface area contributed by atoms with E-state index in [2.05, 4.69) is 30.9 Å². The van der Waals surface area contributed by atoms with E-state index in [4.69, 9.17) is 4.52 Å². The van der Waals surface area contributed by atoms with Gasteiger partial charge in [0.05, 0.1) is 11.4 Å². The Balaban J connectivity index is 1.79. The minimum atomic E-state index is -3.82. The number of hydrogen-bond acceptors (Lipinski definition) is 5. The number of sulfonamides is 1. The predicted molar refractivity (Wildman–Crippen MR) is 108 cm³/mol. The first-order valence-corrected chi connectivity index (χ1v) is 10.6. The number of hydrogen-bond donors (Lipinski definition) is 0. The summed E-state index contributed by atoms with van der Waals surface area (Å²) in [6.45, 7) is 7.86. The van der Waals surface area contributed by atoms with Crippen molar-refractivity contribution >= 4 is 10.0 Å². The van der Waals surface area contributed by atoms with Crippen LogP contribution in [0.4, 0.5) is 4.39 Å². The molecule has 154 valence electrons. The summed E-state index contributed by atoms with van der Waals surface area (Å²) < 4.78 is 45.2. The van der Waals surface area contributed by atoms with Crippen molar-refractivity contribution < 1.29 is 17.3 Å². The fraction of sp³-hybridized carbons (Fsp3) is 0.333. The molecule has 8 heteroatoms. The van der Waals surface area contributed by atoms with Gasteiger partial charge in [0.1, 0.15) is 5.82 Å². The lowest BCUT2D eigenvalue weighted by molar-refractivity contribution is 0.336. The van der Waals surface area contributed by atoms with Gasteiger partial charge in [0.2, 0.25) is 21.7 Å². The minimum absolute atomic E-state index is 0.0382. The molecule has 1 heterocycles. The predicted octanol–water partition coefficient (Wildman–Crippen LogP) is 4.30. The van der Waals surface area contributed by atoms with Crippen LogP contribution >= 0.6 is 0 Å². The Morgan fingerprint density at radius 2 is 1.76 bits per heavy atom. The van der Waals surface area contributed by atoms with Crippen molar-refractivity contribution in [1.29, 1.82) is 0 Å². The molecule has 29 heavy (non-hydrogen) atoms. The van der Waals surface area contributed by atoms with Crippen molar-refractivity contribution in [3.05, 3.63) is 65.3 Å². The quantitative estimate of drug-likeness (QED) is 0.619. The minimum Gasteiger partial charge on any atom is -0.338 e. The Morgan fingerprint density at radius 1 is 1.10 bits per heavy atom. The summed E-state index contributed by atoms with van der Waals surface area (Å²) in [7, 11) is -2.41. The Morgan fingerprint density at radius 3 is 2.34 bits per heavy atom. The van der Waals surface area contributed by atoms with E-state index < -0.39 is 15.8 Å². The lowest BCUT2D eigenvalue weighted by Gasteiger charge is -2.18. The summed E-state index contributed by atoms with van der Waals surface area (Å²) in [5.74, 6) is 0.0816. The van der Waals surface area contributed by atoms with Gasteiger partial charge < -0.3 is 4.52 Å². The van der Waals surface area contributed by atoms with E-state index >= 15 is 0 Å². The van der Waals surface area contributed by atoms with Gasteiger partial charge in [-0.05, 0) is 41.7 Å². The Bertz CT molecular complexity index is 1120. The molecule has 0 aliphatic carbocycles. The third kappa shape index (κ3) is 4.54. The average Bonchev–Trinajstić information content (AvgIpc) is 3.09. The molecule has 0 radical (unpaired) electrons. The van der Waals surface area contributed by atoms with Crippen LogP contribution in [0.1, 0.15) is 37.8 Å². The maximum absolute atomic E-state index is 13.3. The van der Waals surface area contributed by atoms with Crippen LogP contribution in [0, 0.1) is 12.7 Å². The van der Waals surface area contributed by atoms with Crippen LogP contribution in [0.25, 0.3) is 11.4 Å². The number of rotatable bonds is 5. The molecule has 0 aliphatic heterocycles. The van der Waals surface area contributed by atoms with Crippen molar-refractivity contribution in [1.82, 2.24) is 14.4 Å². The molecule has 0 bridgehead atoms. The lowest BCUT2D eigenvalue weighted by atomic mass is 9.87. The fourth-order valence-electron chi connectivity index (χ4n) is 2.90. The zero-order chi connectivity index (χ0) is 21.4. The first-order valence-electron chi connectivity index (χ1n) is 9.14. The van der Waals surface area contributed by atoms with Crippen molar-refractivity contribution in [3.8, 4) is 11.4 Å². The fourth-order valence-corrected chi connectivity index (χ4v) is 4.22. The first kappa shape index (κ1) is 21.1. The monoisotopic (exact) mass is 417 g/mol. The molecule has 0 saturated heterocycles. The summed E-state index contributed by atoms with van der Waals surface area (Å²) in [6, 6.07) is 11.4. The molecule has 3 rings (SSSR count). The van der Waals surface area contributed by atoms with Gasteiger partial charge in [-0.2, -0.15) is 9.29 Å². The second-order valence-electron chi connectivity index (χ2n) is 8.01. The third-order valence-corrected chi connectivity index (χ3v) is 6.62. The van der Waals surface area contributed by atoms with Crippen LogP contribution in [-0.2, 0) is 22.0 Å². The topological polar surface area (TPSA) is 76.3 Å². The van der Waals surface area contributed by atoms with Crippen LogP contribution in [0.3, 0.4) is 0 Å². The highest BCUT2D eigenvalue weighted by atomic mass is 32.2. The van der Waals surface area contributed by atoms with Crippen LogP contribution in [-0.4, -0.2) is 29.9 Å². The Labute approximate surface area is 170 Å². The number of halogens is 1. The molecular formula is C21H24FN3O3S. The molecule has 6 nitrogen and oxygen atoms in total. The van der Waals surface area contributed by atoms with Gasteiger partial charge in [-0.1, -0.05) is 50.2 Å². The second-order valence-corrected chi connectivity index (χ2v) is 10.0. The zero-order valence-electron chi connectivity index (χ0n) is 17.1. The molecule has 0 N–H and O–H groups in total. The van der Waals surface area contributed by atoms with Gasteiger partial charge in [0.25, 0.3) is 0 Å². The van der Waals surface area contributed by atoms with Gasteiger partial charge in [-0.25, -0.2) is 12.8 Å². The summed E-state index contributed by atoms with van der Waals surface area (Å²) >= 11 is 0. The number of nitrogens with zero attached hydrogens (tertiary/aromatic N) is 3. The van der Waals surface area contributed by atoms with Gasteiger partial charge in [0.15, 0.2) is 0 Å². The van der Waals surface area contributed by atoms with Gasteiger partial charge in [0, 0.05) is 12.6 Å². The maximum atomic E-state index is 13.3. The Kier molecular flexibility index (Phi) is 5.60. The van der Waals surface area contributed by atoms with E-state index in [1.54, 1.807) is 6.92 Å². The molecule has 0 fully saturated rings. The van der Waals surface area contributed by atoms with E-state index in [1.807, 2.05) is 24.3 Å². The van der Waals surface area contributed by atoms with E-state index in [9.17, 15) is 12.8 Å². The molecule has 0 amide bonds. The van der Waals surface area contributed by atoms with Gasteiger partial charge in [-0.15, -0.1) is 0 Å². The molecule has 0 unspecified atom stereocenters. The van der Waals surface area contributed by atoms with Crippen molar-refractivity contribution in [2.24, 2.45) is 0 Å². The molecule has 0 spiro atoms. The Hall–Kier alpha value is -2.58. The van der Waals surface area contributed by atoms with E-state index in [1.165, 1.54) is 24.7 Å². The number of aryl methyl sites for hydroxylation is 1. The average molecular weight is 418 g/mol. The molecular weight excluding hydrogens is 393 g/mol. The smallest absolute Gasteiger partial charge is 0.243 e. The van der Waals surface area contributed by atoms with E-state index in [0.717, 1.165) is 15.9 Å². The van der Waals surface area contributed by atoms with Crippen LogP contribution < -0.4 is 0 Å². The van der Waals surface area contributed by atoms with Crippen LogP contribution in [0.15, 0.2) is 51.9 Å². The molecule has 0 atom stereocenters. The normalized spacial score (nSPS) is 12.5. The SMILES string of the molecule is Cc1cc(F)ccc1S(=O)(=O)N(C)Cc1nc(-c2ccc(C(C)(C)C)cc2)no1. The summed E-state index contributed by atoms with van der Waals surface area (Å²) in [5.41, 5.74) is 2.34. The van der Waals surface area contributed by atoms with Crippen LogP contribution in [0.5, 0.6) is 0 Å². The summed E-state index contributed by atoms with van der Waals surface area (Å²) in [6.07, 6.45) is 0. The van der Waals surface area contributed by atoms with Crippen LogP contribution in [0.2, 0.25) is 0 Å². The molecule has 1 aromatic heterocycles. The largest absolute Gasteiger partial charge is 0.338 e. The molecule has 0 saturated carbocycles. The maximum Gasteiger partial charge on any atom is 0.243 e. The summed E-state index contributed by atoms with van der Waals surface area (Å²) in [4.78, 5) is 4.35. The highest BCUT2D eigenvalue weighted by molar-refractivity contribution is 7.89. The number of benzene rings is 2. The van der Waals surface area contributed by atoms with Crippen molar-refractivity contribution in [2.75, 3.05) is 7.05 Å². The van der Waals surface area contributed by atoms with Gasteiger partial charge >= 0.3 is 0 Å². The molecule has 3 aromatic rings.